The number of hydrogen-bond donors (Lipinski definition) is 31. The smallest absolute Gasteiger partial charge is 0.321 e. The minimum Gasteiger partial charge on any atom is -0.481 e. The first-order chi connectivity index (χ1) is 48.9. The van der Waals surface area contributed by atoms with Gasteiger partial charge in [0.1, 0.15) is 156 Å². The van der Waals surface area contributed by atoms with Gasteiger partial charge >= 0.3 is 49.5 Å². The minimum absolute atomic E-state index is 0.0121. The summed E-state index contributed by atoms with van der Waals surface area (Å²) >= 11 is 0. The van der Waals surface area contributed by atoms with E-state index in [4.69, 9.17) is 0 Å². The number of amides is 4. The predicted octanol–water partition coefficient (Wildman–Crippen LogP) is -18.1. The number of aliphatic hydroxyl groups is 24. The summed E-state index contributed by atoms with van der Waals surface area (Å²) in [6, 6.07) is -5.23. The number of aliphatic carboxylic acids is 4. The Kier molecular flexibility index (Phi) is 44.2. The summed E-state index contributed by atoms with van der Waals surface area (Å²) < 4.78 is -5.69. The number of carbonyl (C=O) groups excluding carboxylic acids is 4. The third-order valence-corrected chi connectivity index (χ3v) is 19.8. The van der Waals surface area contributed by atoms with Crippen LogP contribution in [-0.4, -0.2) is 501 Å². The highest BCUT2D eigenvalue weighted by molar-refractivity contribution is 5.80. The van der Waals surface area contributed by atoms with Gasteiger partial charge in [-0.15, -0.1) is 0 Å². The van der Waals surface area contributed by atoms with Crippen molar-refractivity contribution in [3.8, 4) is 0 Å². The lowest BCUT2D eigenvalue weighted by molar-refractivity contribution is -0.851. The Balaban J connectivity index is 5.51. The van der Waals surface area contributed by atoms with Crippen LogP contribution < -0.4 is 16.0 Å². The standard InChI is InChI=1S/C60H112N8O36/c69-19-15-65(31-77,23-39(81)47(89)51(93)43(85)27-73)11-1-35(56(97)98)55-60(36(57(99)100)2-12-66(32-78,16-20-70)24-40(82)48(90)52(94)44(86)28-74,37(58(101)102)3-13-67(33-79,17-21-71)25-41(83)49(91)53(95)45(87)29-75)64(10-9-62-6-5-61-7-8-63-55)38(59(103)104)4-14-68(34-80,18-22-72)26-42(84)50(92)54(96)46(88)30-76/h31-55,61-63,69-76,81-96H,1-30H2/p+4/t35?,36?,37?,38?,39-,40-,41-,42-,43+,44+,45+,46+,47+,48+,49+,50+,51+,52+,53+,54+,55?,60?,65?,66?,67?,68?/m0/s1. The molecule has 1 fully saturated rings. The molecule has 44 nitrogen and oxygen atoms in total. The van der Waals surface area contributed by atoms with E-state index in [1.54, 1.807) is 0 Å². The number of nitrogens with zero attached hydrogens (tertiary/aromatic N) is 5. The number of quaternary nitrogens is 4. The Bertz CT molecular complexity index is 2370. The molecule has 1 heterocycles. The zero-order valence-corrected chi connectivity index (χ0v) is 57.7. The highest BCUT2D eigenvalue weighted by atomic mass is 16.4. The van der Waals surface area contributed by atoms with Gasteiger partial charge in [-0.25, -0.2) is 19.2 Å². The van der Waals surface area contributed by atoms with Crippen LogP contribution >= 0.6 is 0 Å². The first-order valence-corrected chi connectivity index (χ1v) is 33.7. The summed E-state index contributed by atoms with van der Waals surface area (Å²) in [5.41, 5.74) is -3.55. The fourth-order valence-corrected chi connectivity index (χ4v) is 13.7. The fourth-order valence-electron chi connectivity index (χ4n) is 13.7. The number of carboxylic acids is 4. The molecule has 1 aliphatic heterocycles. The van der Waals surface area contributed by atoms with E-state index < -0.39 is 352 Å². The van der Waals surface area contributed by atoms with Crippen LogP contribution in [0, 0.1) is 17.8 Å². The number of nitrogens with one attached hydrogen (secondary N) is 3. The van der Waals surface area contributed by atoms with Crippen molar-refractivity contribution in [2.75, 3.05) is 171 Å². The molecule has 4 amide bonds. The lowest BCUT2D eigenvalue weighted by Gasteiger charge is -2.58. The Morgan fingerprint density at radius 3 is 0.885 bits per heavy atom. The fraction of sp³-hybridized carbons (Fsp3) is 0.867. The van der Waals surface area contributed by atoms with E-state index in [9.17, 15) is 172 Å². The van der Waals surface area contributed by atoms with Gasteiger partial charge in [-0.3, -0.25) is 42.0 Å². The van der Waals surface area contributed by atoms with Crippen LogP contribution in [0.5, 0.6) is 0 Å². The molecule has 0 bridgehead atoms. The van der Waals surface area contributed by atoms with Crippen LogP contribution in [-0.2, 0) is 38.4 Å². The van der Waals surface area contributed by atoms with Gasteiger partial charge in [0.05, 0.1) is 102 Å². The molecule has 0 aromatic heterocycles. The molecule has 31 N–H and O–H groups in total. The number of carboxylic acid groups (broad SMARTS) is 4. The maximum Gasteiger partial charge on any atom is 0.321 e. The van der Waals surface area contributed by atoms with E-state index >= 15 is 9.59 Å². The third kappa shape index (κ3) is 26.8. The first kappa shape index (κ1) is 97.3. The zero-order chi connectivity index (χ0) is 79.7. The van der Waals surface area contributed by atoms with Crippen molar-refractivity contribution >= 4 is 49.5 Å². The van der Waals surface area contributed by atoms with E-state index in [0.717, 1.165) is 0 Å². The normalized spacial score (nSPS) is 24.2. The van der Waals surface area contributed by atoms with Crippen molar-refractivity contribution in [1.82, 2.24) is 20.9 Å². The minimum atomic E-state index is -3.55. The molecule has 0 aromatic rings. The molecule has 0 radical (unpaired) electrons. The van der Waals surface area contributed by atoms with Crippen molar-refractivity contribution in [2.24, 2.45) is 17.8 Å². The van der Waals surface area contributed by atoms with Crippen molar-refractivity contribution in [3.63, 3.8) is 0 Å². The molecular weight excluding hydrogens is 1410 g/mol. The monoisotopic (exact) mass is 1520 g/mol. The Morgan fingerprint density at radius 1 is 0.356 bits per heavy atom. The van der Waals surface area contributed by atoms with Crippen molar-refractivity contribution in [3.05, 3.63) is 0 Å². The maximum atomic E-state index is 15.3. The molecule has 1 aliphatic rings. The van der Waals surface area contributed by atoms with Crippen molar-refractivity contribution < 1.29 is 199 Å². The molecule has 104 heavy (non-hydrogen) atoms. The van der Waals surface area contributed by atoms with Crippen LogP contribution in [0.3, 0.4) is 0 Å². The summed E-state index contributed by atoms with van der Waals surface area (Å²) in [4.78, 5) is 116. The second-order valence-electron chi connectivity index (χ2n) is 26.7. The Labute approximate surface area is 597 Å². The third-order valence-electron chi connectivity index (χ3n) is 19.8. The van der Waals surface area contributed by atoms with Crippen LogP contribution in [0.2, 0.25) is 0 Å². The number of rotatable bonds is 56. The Hall–Kier alpha value is -4.72. The average molecular weight is 1530 g/mol. The summed E-state index contributed by atoms with van der Waals surface area (Å²) in [6.07, 6.45) is -42.6. The average Bonchev–Trinajstić information content (AvgIpc) is 0.719. The molecule has 0 aromatic carbocycles. The molecule has 0 aliphatic carbocycles. The van der Waals surface area contributed by atoms with Crippen LogP contribution in [0.4, 0.5) is 0 Å². The van der Waals surface area contributed by atoms with E-state index in [2.05, 4.69) is 16.0 Å². The maximum absolute atomic E-state index is 15.3. The Morgan fingerprint density at radius 2 is 0.625 bits per heavy atom. The summed E-state index contributed by atoms with van der Waals surface area (Å²) in [7, 11) is 0. The van der Waals surface area contributed by atoms with Gasteiger partial charge in [0.25, 0.3) is 0 Å². The lowest BCUT2D eigenvalue weighted by Crippen LogP contribution is -2.77. The molecule has 608 valence electrons. The van der Waals surface area contributed by atoms with E-state index in [1.165, 1.54) is 0 Å². The number of aliphatic hydroxyl groups excluding tert-OH is 24. The molecule has 0 spiro atoms. The van der Waals surface area contributed by atoms with Gasteiger partial charge in [0.2, 0.25) is 0 Å². The topological polar surface area (TPSA) is 742 Å². The quantitative estimate of drug-likeness (QED) is 0.0199. The molecule has 25 atom stereocenters. The molecule has 1 rings (SSSR count). The van der Waals surface area contributed by atoms with Crippen LogP contribution in [0.25, 0.3) is 0 Å². The largest absolute Gasteiger partial charge is 0.481 e. The van der Waals surface area contributed by atoms with Gasteiger partial charge in [0, 0.05) is 71.0 Å². The number of carbonyl (C=O) groups is 8. The summed E-state index contributed by atoms with van der Waals surface area (Å²) in [6.45, 7) is -24.3. The SMILES string of the molecule is O=C[N+](CCO)(CCC(C(=O)O)C1NCCNCCNCCN(C(CC[N+](C=O)(CCO)C[C@H](O)[C@@H](O)[C@H](O)[C@H](O)CO)C(=O)O)C1(C(CC[N+](C=O)(CCO)C[C@H](O)[C@@H](O)[C@H](O)[C@H](O)CO)C(=O)O)C(CC[N+](C=O)(CCO)C[C@H](O)[C@@H](O)[C@H](O)[C@H](O)CO)C(=O)O)C[C@H](O)[C@@H](O)[C@H](O)[C@H](O)CO. The zero-order valence-electron chi connectivity index (χ0n) is 57.7. The highest BCUT2D eigenvalue weighted by Gasteiger charge is 2.65. The van der Waals surface area contributed by atoms with Crippen LogP contribution in [0.15, 0.2) is 0 Å². The lowest BCUT2D eigenvalue weighted by atomic mass is 9.61. The summed E-state index contributed by atoms with van der Waals surface area (Å²) in [5.74, 6) is -17.0. The molecule has 9 unspecified atom stereocenters. The second kappa shape index (κ2) is 47.3. The van der Waals surface area contributed by atoms with Crippen molar-refractivity contribution in [1.29, 1.82) is 0 Å². The van der Waals surface area contributed by atoms with Gasteiger partial charge in [0.15, 0.2) is 0 Å². The first-order valence-electron chi connectivity index (χ1n) is 33.7. The molecule has 44 heteroatoms. The van der Waals surface area contributed by atoms with Crippen molar-refractivity contribution in [2.45, 2.75) is 141 Å². The van der Waals surface area contributed by atoms with E-state index in [0.29, 0.717) is 4.90 Å². The second-order valence-corrected chi connectivity index (χ2v) is 26.7. The van der Waals surface area contributed by atoms with Gasteiger partial charge < -0.3 is 159 Å². The molecule has 1 saturated heterocycles. The van der Waals surface area contributed by atoms with E-state index in [1.807, 2.05) is 0 Å². The number of hydrogen-bond acceptors (Lipinski definition) is 36. The molecular formula is C60H116N8O36+4. The predicted molar refractivity (Wildman–Crippen MR) is 347 cm³/mol. The van der Waals surface area contributed by atoms with Gasteiger partial charge in [-0.2, -0.15) is 0 Å². The van der Waals surface area contributed by atoms with Gasteiger partial charge in [-0.05, 0) is 0 Å². The van der Waals surface area contributed by atoms with Crippen LogP contribution in [0.1, 0.15) is 25.7 Å². The summed E-state index contributed by atoms with van der Waals surface area (Å²) in [5, 5.41) is 311. The van der Waals surface area contributed by atoms with Gasteiger partial charge in [-0.1, -0.05) is 0 Å². The van der Waals surface area contributed by atoms with E-state index in [-0.39, 0.29) is 45.3 Å². The highest BCUT2D eigenvalue weighted by Crippen LogP contribution is 2.47. The molecule has 0 saturated carbocycles.